The Kier molecular flexibility index (Phi) is 5.64. The van der Waals surface area contributed by atoms with E-state index in [2.05, 4.69) is 0 Å². The molecule has 1 heterocycles. The zero-order valence-electron chi connectivity index (χ0n) is 10.4. The average molecular weight is 234 g/mol. The van der Waals surface area contributed by atoms with Crippen LogP contribution in [0.4, 0.5) is 0 Å². The highest BCUT2D eigenvalue weighted by atomic mass is 16.7. The number of hydrogen-bond acceptors (Lipinski definition) is 5. The Balaban J connectivity index is 2.72. The van der Waals surface area contributed by atoms with E-state index in [-0.39, 0.29) is 18.3 Å². The van der Waals surface area contributed by atoms with Crippen LogP contribution in [0, 0.1) is 0 Å². The second-order valence-corrected chi connectivity index (χ2v) is 3.97. The van der Waals surface area contributed by atoms with Gasteiger partial charge in [0.1, 0.15) is 18.3 Å². The summed E-state index contributed by atoms with van der Waals surface area (Å²) in [7, 11) is 3.14. The van der Waals surface area contributed by atoms with Crippen LogP contribution in [0.2, 0.25) is 0 Å². The lowest BCUT2D eigenvalue weighted by molar-refractivity contribution is -0.295. The first-order valence-corrected chi connectivity index (χ1v) is 5.66. The Hall–Kier alpha value is -0.200. The largest absolute Gasteiger partial charge is 0.376 e. The van der Waals surface area contributed by atoms with Crippen LogP contribution in [0.1, 0.15) is 20.3 Å². The van der Waals surface area contributed by atoms with E-state index < -0.39 is 12.4 Å². The Morgan fingerprint density at radius 1 is 1.12 bits per heavy atom. The zero-order chi connectivity index (χ0) is 12.1. The third-order valence-electron chi connectivity index (χ3n) is 2.80. The molecule has 1 saturated heterocycles. The van der Waals surface area contributed by atoms with Gasteiger partial charge in [-0.05, 0) is 13.3 Å². The van der Waals surface area contributed by atoms with Crippen molar-refractivity contribution < 1.29 is 24.1 Å². The van der Waals surface area contributed by atoms with Crippen LogP contribution in [0.5, 0.6) is 0 Å². The van der Waals surface area contributed by atoms with E-state index in [9.17, 15) is 5.11 Å². The van der Waals surface area contributed by atoms with Crippen LogP contribution in [0.15, 0.2) is 0 Å². The summed E-state index contributed by atoms with van der Waals surface area (Å²) in [6.07, 6.45) is -1.29. The summed E-state index contributed by atoms with van der Waals surface area (Å²) >= 11 is 0. The van der Waals surface area contributed by atoms with Gasteiger partial charge in [0.25, 0.3) is 0 Å². The summed E-state index contributed by atoms with van der Waals surface area (Å²) in [6.45, 7) is 4.50. The van der Waals surface area contributed by atoms with Crippen molar-refractivity contribution in [3.05, 3.63) is 0 Å². The molecule has 0 amide bonds. The SMILES string of the molecule is CCCOC1[C@@H](OC)[C@H](C)O[C@@H](O)[C@@H]1OC. The van der Waals surface area contributed by atoms with Gasteiger partial charge in [0.2, 0.25) is 0 Å². The predicted molar refractivity (Wildman–Crippen MR) is 58.2 cm³/mol. The summed E-state index contributed by atoms with van der Waals surface area (Å²) in [5, 5.41) is 9.74. The van der Waals surface area contributed by atoms with Gasteiger partial charge in [-0.15, -0.1) is 0 Å². The fourth-order valence-corrected chi connectivity index (χ4v) is 2.01. The van der Waals surface area contributed by atoms with Crippen molar-refractivity contribution in [2.75, 3.05) is 20.8 Å². The Morgan fingerprint density at radius 3 is 2.25 bits per heavy atom. The van der Waals surface area contributed by atoms with E-state index in [1.54, 1.807) is 7.11 Å². The molecule has 0 saturated carbocycles. The van der Waals surface area contributed by atoms with Crippen LogP contribution >= 0.6 is 0 Å². The quantitative estimate of drug-likeness (QED) is 0.752. The standard InChI is InChI=1S/C11H22O5/c1-5-6-15-9-8(13-3)7(2)16-11(12)10(9)14-4/h7-12H,5-6H2,1-4H3/t7-,8-,9?,10+,11+/m0/s1. The molecular formula is C11H22O5. The summed E-state index contributed by atoms with van der Waals surface area (Å²) in [6, 6.07) is 0. The number of aliphatic hydroxyl groups excluding tert-OH is 1. The van der Waals surface area contributed by atoms with Crippen molar-refractivity contribution in [2.45, 2.75) is 51.0 Å². The third kappa shape index (κ3) is 2.93. The van der Waals surface area contributed by atoms with E-state index in [4.69, 9.17) is 18.9 Å². The molecule has 0 aromatic carbocycles. The smallest absolute Gasteiger partial charge is 0.184 e. The van der Waals surface area contributed by atoms with Crippen LogP contribution in [0.3, 0.4) is 0 Å². The lowest BCUT2D eigenvalue weighted by Crippen LogP contribution is -2.59. The maximum atomic E-state index is 9.74. The molecule has 1 fully saturated rings. The summed E-state index contributed by atoms with van der Waals surface area (Å²) in [5.41, 5.74) is 0. The lowest BCUT2D eigenvalue weighted by atomic mass is 9.99. The molecule has 1 N–H and O–H groups in total. The molecule has 1 aliphatic heterocycles. The number of rotatable bonds is 5. The molecule has 96 valence electrons. The van der Waals surface area contributed by atoms with Gasteiger partial charge in [0.15, 0.2) is 6.29 Å². The maximum Gasteiger partial charge on any atom is 0.184 e. The molecule has 0 aromatic heterocycles. The van der Waals surface area contributed by atoms with Crippen molar-refractivity contribution in [3.8, 4) is 0 Å². The first kappa shape index (κ1) is 13.9. The van der Waals surface area contributed by atoms with Crippen LogP contribution in [-0.2, 0) is 18.9 Å². The average Bonchev–Trinajstić information content (AvgIpc) is 2.26. The summed E-state index contributed by atoms with van der Waals surface area (Å²) in [4.78, 5) is 0. The molecule has 0 bridgehead atoms. The Labute approximate surface area is 96.6 Å². The fourth-order valence-electron chi connectivity index (χ4n) is 2.01. The van der Waals surface area contributed by atoms with E-state index >= 15 is 0 Å². The second kappa shape index (κ2) is 6.51. The monoisotopic (exact) mass is 234 g/mol. The molecule has 5 heteroatoms. The second-order valence-electron chi connectivity index (χ2n) is 3.97. The minimum atomic E-state index is -0.965. The molecule has 0 spiro atoms. The zero-order valence-corrected chi connectivity index (χ0v) is 10.4. The van der Waals surface area contributed by atoms with Gasteiger partial charge >= 0.3 is 0 Å². The maximum absolute atomic E-state index is 9.74. The summed E-state index contributed by atoms with van der Waals surface area (Å²) in [5.74, 6) is 0. The first-order chi connectivity index (χ1) is 7.65. The summed E-state index contributed by atoms with van der Waals surface area (Å²) < 4.78 is 21.6. The molecule has 0 aliphatic carbocycles. The van der Waals surface area contributed by atoms with E-state index in [1.165, 1.54) is 7.11 Å². The number of hydrogen-bond donors (Lipinski definition) is 1. The number of ether oxygens (including phenoxy) is 4. The number of aliphatic hydroxyl groups is 1. The Morgan fingerprint density at radius 2 is 1.75 bits per heavy atom. The van der Waals surface area contributed by atoms with E-state index in [1.807, 2.05) is 13.8 Å². The molecule has 5 nitrogen and oxygen atoms in total. The Bertz CT molecular complexity index is 183. The highest BCUT2D eigenvalue weighted by molar-refractivity contribution is 4.90. The van der Waals surface area contributed by atoms with Crippen molar-refractivity contribution in [2.24, 2.45) is 0 Å². The van der Waals surface area contributed by atoms with E-state index in [0.29, 0.717) is 6.61 Å². The third-order valence-corrected chi connectivity index (χ3v) is 2.80. The van der Waals surface area contributed by atoms with Gasteiger partial charge in [-0.1, -0.05) is 6.92 Å². The molecular weight excluding hydrogens is 212 g/mol. The predicted octanol–water partition coefficient (Wildman–Crippen LogP) is 0.549. The minimum absolute atomic E-state index is 0.215. The number of methoxy groups -OCH3 is 2. The van der Waals surface area contributed by atoms with Gasteiger partial charge in [-0.25, -0.2) is 0 Å². The first-order valence-electron chi connectivity index (χ1n) is 5.66. The normalized spacial score (nSPS) is 39.9. The van der Waals surface area contributed by atoms with Crippen LogP contribution in [0.25, 0.3) is 0 Å². The van der Waals surface area contributed by atoms with Gasteiger partial charge < -0.3 is 24.1 Å². The van der Waals surface area contributed by atoms with Crippen LogP contribution < -0.4 is 0 Å². The van der Waals surface area contributed by atoms with Gasteiger partial charge in [0.05, 0.1) is 6.10 Å². The minimum Gasteiger partial charge on any atom is -0.376 e. The molecule has 16 heavy (non-hydrogen) atoms. The topological polar surface area (TPSA) is 57.2 Å². The van der Waals surface area contributed by atoms with E-state index in [0.717, 1.165) is 6.42 Å². The lowest BCUT2D eigenvalue weighted by Gasteiger charge is -2.42. The van der Waals surface area contributed by atoms with Crippen LogP contribution in [-0.4, -0.2) is 56.6 Å². The van der Waals surface area contributed by atoms with Crippen molar-refractivity contribution in [1.29, 1.82) is 0 Å². The molecule has 0 aromatic rings. The van der Waals surface area contributed by atoms with Crippen molar-refractivity contribution in [1.82, 2.24) is 0 Å². The van der Waals surface area contributed by atoms with Gasteiger partial charge in [-0.2, -0.15) is 0 Å². The molecule has 5 atom stereocenters. The van der Waals surface area contributed by atoms with Gasteiger partial charge in [-0.3, -0.25) is 0 Å². The highest BCUT2D eigenvalue weighted by Crippen LogP contribution is 2.26. The molecule has 1 rings (SSSR count). The van der Waals surface area contributed by atoms with Crippen molar-refractivity contribution >= 4 is 0 Å². The van der Waals surface area contributed by atoms with Gasteiger partial charge in [0, 0.05) is 20.8 Å². The van der Waals surface area contributed by atoms with Crippen molar-refractivity contribution in [3.63, 3.8) is 0 Å². The molecule has 1 unspecified atom stereocenters. The highest BCUT2D eigenvalue weighted by Gasteiger charge is 2.44. The fraction of sp³-hybridized carbons (Fsp3) is 1.00. The molecule has 1 aliphatic rings. The molecule has 0 radical (unpaired) electrons.